The standard InChI is InChI=1S/C36H41N7O2/c1-24-20-33(43(40-24)36(2,3)4)35(45)38-28-9-6-25(7-10-28)21-26-8-15-32-30(22-26)31(34(44)39-32)23-37-27-11-13-29(14-12-27)42-18-16-41(5)17-19-42/h6-15,20,22-23,39,44H,16-19,21H2,1-5H3,(H,38,45). The van der Waals surface area contributed by atoms with Crippen molar-refractivity contribution in [1.82, 2.24) is 19.7 Å². The molecule has 0 radical (unpaired) electrons. The zero-order valence-corrected chi connectivity index (χ0v) is 26.6. The van der Waals surface area contributed by atoms with Gasteiger partial charge in [-0.15, -0.1) is 0 Å². The van der Waals surface area contributed by atoms with Gasteiger partial charge >= 0.3 is 0 Å². The number of nitrogens with zero attached hydrogens (tertiary/aromatic N) is 5. The van der Waals surface area contributed by atoms with Gasteiger partial charge in [0.2, 0.25) is 0 Å². The molecule has 1 saturated heterocycles. The molecular formula is C36H41N7O2. The first-order valence-electron chi connectivity index (χ1n) is 15.4. The molecular weight excluding hydrogens is 562 g/mol. The third kappa shape index (κ3) is 6.78. The van der Waals surface area contributed by atoms with E-state index in [0.717, 1.165) is 65.3 Å². The fraction of sp³-hybridized carbons (Fsp3) is 0.306. The molecule has 0 spiro atoms. The Morgan fingerprint density at radius 2 is 1.67 bits per heavy atom. The van der Waals surface area contributed by atoms with Crippen LogP contribution in [0.15, 0.2) is 77.8 Å². The molecule has 1 aliphatic rings. The van der Waals surface area contributed by atoms with Crippen molar-refractivity contribution >= 4 is 40.1 Å². The number of amides is 1. The highest BCUT2D eigenvalue weighted by Gasteiger charge is 2.23. The summed E-state index contributed by atoms with van der Waals surface area (Å²) in [6.07, 6.45) is 2.43. The van der Waals surface area contributed by atoms with E-state index in [9.17, 15) is 9.90 Å². The fourth-order valence-electron chi connectivity index (χ4n) is 5.75. The van der Waals surface area contributed by atoms with Gasteiger partial charge in [-0.05, 0) is 107 Å². The number of piperazine rings is 1. The first-order chi connectivity index (χ1) is 21.5. The third-order valence-electron chi connectivity index (χ3n) is 8.26. The Balaban J connectivity index is 1.13. The highest BCUT2D eigenvalue weighted by Crippen LogP contribution is 2.29. The average Bonchev–Trinajstić information content (AvgIpc) is 3.57. The Morgan fingerprint density at radius 3 is 2.36 bits per heavy atom. The Bertz CT molecular complexity index is 1840. The minimum absolute atomic E-state index is 0.100. The van der Waals surface area contributed by atoms with Gasteiger partial charge in [0.25, 0.3) is 5.91 Å². The first-order valence-corrected chi connectivity index (χ1v) is 15.4. The summed E-state index contributed by atoms with van der Waals surface area (Å²) in [4.78, 5) is 25.5. The average molecular weight is 604 g/mol. The summed E-state index contributed by atoms with van der Waals surface area (Å²) in [5, 5.41) is 19.1. The lowest BCUT2D eigenvalue weighted by Crippen LogP contribution is -2.44. The number of hydrogen-bond acceptors (Lipinski definition) is 6. The van der Waals surface area contributed by atoms with E-state index in [1.165, 1.54) is 5.69 Å². The summed E-state index contributed by atoms with van der Waals surface area (Å²) < 4.78 is 1.77. The van der Waals surface area contributed by atoms with Crippen LogP contribution in [-0.4, -0.2) is 70.1 Å². The quantitative estimate of drug-likeness (QED) is 0.185. The highest BCUT2D eigenvalue weighted by molar-refractivity contribution is 6.04. The van der Waals surface area contributed by atoms with Crippen LogP contribution >= 0.6 is 0 Å². The molecule has 0 atom stereocenters. The normalized spacial score (nSPS) is 14.5. The lowest BCUT2D eigenvalue weighted by molar-refractivity contribution is 0.100. The number of aliphatic imine (C=N–C) groups is 1. The Morgan fingerprint density at radius 1 is 0.978 bits per heavy atom. The van der Waals surface area contributed by atoms with Crippen LogP contribution in [0, 0.1) is 6.92 Å². The lowest BCUT2D eigenvalue weighted by Gasteiger charge is -2.34. The number of aromatic hydroxyl groups is 1. The van der Waals surface area contributed by atoms with Gasteiger partial charge in [-0.1, -0.05) is 18.2 Å². The van der Waals surface area contributed by atoms with Crippen LogP contribution in [-0.2, 0) is 12.0 Å². The van der Waals surface area contributed by atoms with E-state index >= 15 is 0 Å². The number of hydrogen-bond donors (Lipinski definition) is 3. The number of anilines is 2. The summed E-state index contributed by atoms with van der Waals surface area (Å²) in [6.45, 7) is 12.2. The molecule has 3 aromatic carbocycles. The molecule has 3 N–H and O–H groups in total. The maximum Gasteiger partial charge on any atom is 0.273 e. The second-order valence-electron chi connectivity index (χ2n) is 12.9. The Labute approximate surface area is 264 Å². The Hall–Kier alpha value is -4.89. The number of H-pyrrole nitrogens is 1. The number of aryl methyl sites for hydroxylation is 1. The van der Waals surface area contributed by atoms with Crippen molar-refractivity contribution in [2.45, 2.75) is 39.7 Å². The van der Waals surface area contributed by atoms with Crippen molar-refractivity contribution in [2.75, 3.05) is 43.4 Å². The zero-order valence-electron chi connectivity index (χ0n) is 26.6. The van der Waals surface area contributed by atoms with E-state index in [1.807, 2.05) is 76.2 Å². The molecule has 0 saturated carbocycles. The number of aromatic amines is 1. The molecule has 3 heterocycles. The highest BCUT2D eigenvalue weighted by atomic mass is 16.3. The second-order valence-corrected chi connectivity index (χ2v) is 12.9. The number of carbonyl (C=O) groups excluding carboxylic acids is 1. The van der Waals surface area contributed by atoms with Gasteiger partial charge in [0.1, 0.15) is 5.69 Å². The number of aromatic nitrogens is 3. The van der Waals surface area contributed by atoms with Gasteiger partial charge in [-0.25, -0.2) is 0 Å². The van der Waals surface area contributed by atoms with E-state index < -0.39 is 0 Å². The molecule has 6 rings (SSSR count). The van der Waals surface area contributed by atoms with Crippen LogP contribution in [0.2, 0.25) is 0 Å². The predicted octanol–water partition coefficient (Wildman–Crippen LogP) is 6.48. The van der Waals surface area contributed by atoms with Crippen molar-refractivity contribution in [2.24, 2.45) is 4.99 Å². The van der Waals surface area contributed by atoms with Gasteiger partial charge in [0.05, 0.1) is 22.5 Å². The fourth-order valence-corrected chi connectivity index (χ4v) is 5.75. The molecule has 0 unspecified atom stereocenters. The van der Waals surface area contributed by atoms with Gasteiger partial charge < -0.3 is 25.2 Å². The van der Waals surface area contributed by atoms with Crippen molar-refractivity contribution in [3.8, 4) is 5.88 Å². The van der Waals surface area contributed by atoms with Crippen molar-refractivity contribution in [1.29, 1.82) is 0 Å². The Kier molecular flexibility index (Phi) is 8.20. The van der Waals surface area contributed by atoms with E-state index in [4.69, 9.17) is 0 Å². The summed E-state index contributed by atoms with van der Waals surface area (Å²) in [5.74, 6) is -0.0841. The largest absolute Gasteiger partial charge is 0.494 e. The number of carbonyl (C=O) groups is 1. The molecule has 5 aromatic rings. The van der Waals surface area contributed by atoms with Crippen LogP contribution < -0.4 is 10.2 Å². The first kappa shape index (κ1) is 30.1. The molecule has 0 aliphatic carbocycles. The van der Waals surface area contributed by atoms with Crippen LogP contribution in [0.4, 0.5) is 17.1 Å². The third-order valence-corrected chi connectivity index (χ3v) is 8.26. The van der Waals surface area contributed by atoms with E-state index in [1.54, 1.807) is 10.9 Å². The lowest BCUT2D eigenvalue weighted by atomic mass is 10.0. The minimum atomic E-state index is -0.302. The van der Waals surface area contributed by atoms with E-state index in [2.05, 4.69) is 61.5 Å². The SMILES string of the molecule is Cc1cc(C(=O)Nc2ccc(Cc3ccc4[nH]c(O)c(C=Nc5ccc(N6CCN(C)CC6)cc5)c4c3)cc2)n(C(C)(C)C)n1. The van der Waals surface area contributed by atoms with E-state index in [-0.39, 0.29) is 17.3 Å². The van der Waals surface area contributed by atoms with Crippen molar-refractivity contribution in [3.63, 3.8) is 0 Å². The molecule has 45 heavy (non-hydrogen) atoms. The van der Waals surface area contributed by atoms with Crippen LogP contribution in [0.5, 0.6) is 5.88 Å². The predicted molar refractivity (Wildman–Crippen MR) is 183 cm³/mol. The number of nitrogens with one attached hydrogen (secondary N) is 2. The summed E-state index contributed by atoms with van der Waals surface area (Å²) in [5.41, 5.74) is 7.55. The van der Waals surface area contributed by atoms with Gasteiger partial charge in [0, 0.05) is 54.7 Å². The number of rotatable bonds is 7. The van der Waals surface area contributed by atoms with Gasteiger partial charge in [-0.2, -0.15) is 5.10 Å². The molecule has 1 fully saturated rings. The number of fused-ring (bicyclic) bond motifs is 1. The second kappa shape index (κ2) is 12.2. The number of benzene rings is 3. The maximum absolute atomic E-state index is 13.1. The molecule has 1 aliphatic heterocycles. The summed E-state index contributed by atoms with van der Waals surface area (Å²) in [7, 11) is 2.16. The molecule has 1 amide bonds. The monoisotopic (exact) mass is 603 g/mol. The topological polar surface area (TPSA) is 102 Å². The smallest absolute Gasteiger partial charge is 0.273 e. The maximum atomic E-state index is 13.1. The molecule has 232 valence electrons. The van der Waals surface area contributed by atoms with Gasteiger partial charge in [-0.3, -0.25) is 14.5 Å². The summed E-state index contributed by atoms with van der Waals surface area (Å²) >= 11 is 0. The molecule has 9 heteroatoms. The van der Waals surface area contributed by atoms with Crippen molar-refractivity contribution in [3.05, 3.63) is 101 Å². The zero-order chi connectivity index (χ0) is 31.7. The molecule has 0 bridgehead atoms. The minimum Gasteiger partial charge on any atom is -0.494 e. The number of likely N-dealkylation sites (N-methyl/N-ethyl adjacent to an activating group) is 1. The van der Waals surface area contributed by atoms with Crippen molar-refractivity contribution < 1.29 is 9.90 Å². The van der Waals surface area contributed by atoms with E-state index in [0.29, 0.717) is 17.7 Å². The van der Waals surface area contributed by atoms with Gasteiger partial charge in [0.15, 0.2) is 5.88 Å². The molecule has 2 aromatic heterocycles. The van der Waals surface area contributed by atoms with Crippen LogP contribution in [0.25, 0.3) is 10.9 Å². The van der Waals surface area contributed by atoms with Crippen LogP contribution in [0.3, 0.4) is 0 Å². The summed E-state index contributed by atoms with van der Waals surface area (Å²) in [6, 6.07) is 24.1. The van der Waals surface area contributed by atoms with Crippen LogP contribution in [0.1, 0.15) is 53.6 Å². The molecule has 9 nitrogen and oxygen atoms in total.